The molecule has 0 saturated heterocycles. The largest absolute Gasteiger partial charge is 0.493 e. The second-order valence-electron chi connectivity index (χ2n) is 4.19. The molecule has 1 amide bonds. The summed E-state index contributed by atoms with van der Waals surface area (Å²) in [5, 5.41) is 7.00. The Balaban J connectivity index is 2.05. The van der Waals surface area contributed by atoms with Crippen molar-refractivity contribution in [2.45, 2.75) is 12.8 Å². The lowest BCUT2D eigenvalue weighted by molar-refractivity contribution is -0.133. The zero-order chi connectivity index (χ0) is 14.5. The Morgan fingerprint density at radius 2 is 1.75 bits per heavy atom. The highest BCUT2D eigenvalue weighted by Crippen LogP contribution is 2.28. The van der Waals surface area contributed by atoms with E-state index in [4.69, 9.17) is 9.47 Å². The van der Waals surface area contributed by atoms with E-state index in [0.29, 0.717) is 30.0 Å². The van der Waals surface area contributed by atoms with E-state index in [9.17, 15) is 9.59 Å². The van der Waals surface area contributed by atoms with Crippen molar-refractivity contribution < 1.29 is 19.1 Å². The lowest BCUT2D eigenvalue weighted by Crippen LogP contribution is -2.11. The zero-order valence-electron chi connectivity index (χ0n) is 11.3. The first-order valence-corrected chi connectivity index (χ1v) is 6.05. The average Bonchev–Trinajstić information content (AvgIpc) is 2.48. The maximum absolute atomic E-state index is 11.2. The molecule has 1 aromatic rings. The van der Waals surface area contributed by atoms with Crippen molar-refractivity contribution in [2.75, 3.05) is 14.2 Å². The third-order valence-corrected chi connectivity index (χ3v) is 2.90. The molecule has 104 valence electrons. The van der Waals surface area contributed by atoms with E-state index in [1.54, 1.807) is 14.2 Å². The van der Waals surface area contributed by atoms with Gasteiger partial charge in [-0.1, -0.05) is 6.07 Å². The predicted molar refractivity (Wildman–Crippen MR) is 70.8 cm³/mol. The number of methoxy groups -OCH3 is 2. The van der Waals surface area contributed by atoms with E-state index in [1.807, 2.05) is 18.2 Å². The number of ketones is 1. The molecule has 0 fully saturated rings. The average molecular weight is 274 g/mol. The van der Waals surface area contributed by atoms with Crippen LogP contribution in [0.25, 0.3) is 0 Å². The van der Waals surface area contributed by atoms with Crippen molar-refractivity contribution in [3.05, 3.63) is 35.5 Å². The molecule has 2 rings (SSSR count). The van der Waals surface area contributed by atoms with Crippen LogP contribution in [0, 0.1) is 0 Å². The smallest absolute Gasteiger partial charge is 0.335 e. The minimum atomic E-state index is -0.820. The van der Waals surface area contributed by atoms with Crippen LogP contribution in [0.15, 0.2) is 40.2 Å². The number of carbonyl (C=O) groups is 2. The zero-order valence-corrected chi connectivity index (χ0v) is 11.3. The van der Waals surface area contributed by atoms with Gasteiger partial charge in [0, 0.05) is 6.08 Å². The molecule has 0 aromatic heterocycles. The maximum Gasteiger partial charge on any atom is 0.335 e. The first-order valence-electron chi connectivity index (χ1n) is 6.05. The van der Waals surface area contributed by atoms with Gasteiger partial charge in [-0.05, 0) is 30.5 Å². The first-order chi connectivity index (χ1) is 9.63. The molecule has 0 atom stereocenters. The molecule has 1 aliphatic heterocycles. The van der Waals surface area contributed by atoms with Crippen LogP contribution < -0.4 is 9.47 Å². The van der Waals surface area contributed by atoms with Crippen LogP contribution in [0.3, 0.4) is 0 Å². The lowest BCUT2D eigenvalue weighted by Gasteiger charge is -2.09. The van der Waals surface area contributed by atoms with E-state index in [1.165, 1.54) is 6.08 Å². The molecule has 0 saturated carbocycles. The Morgan fingerprint density at radius 3 is 2.40 bits per heavy atom. The lowest BCUT2D eigenvalue weighted by atomic mass is 10.1. The van der Waals surface area contributed by atoms with Crippen LogP contribution in [-0.2, 0) is 16.0 Å². The number of aryl methyl sites for hydroxylation is 1. The number of rotatable bonds is 5. The van der Waals surface area contributed by atoms with Gasteiger partial charge in [0.2, 0.25) is 5.78 Å². The third kappa shape index (κ3) is 3.09. The van der Waals surface area contributed by atoms with Gasteiger partial charge in [0.15, 0.2) is 11.5 Å². The number of benzene rings is 1. The molecule has 1 heterocycles. The first kappa shape index (κ1) is 13.9. The molecule has 0 radical (unpaired) electrons. The number of carbonyl (C=O) groups excluding carboxylic acids is 2. The third-order valence-electron chi connectivity index (χ3n) is 2.90. The number of hydrogen-bond donors (Lipinski definition) is 0. The van der Waals surface area contributed by atoms with Crippen LogP contribution >= 0.6 is 0 Å². The van der Waals surface area contributed by atoms with Crippen molar-refractivity contribution >= 4 is 11.7 Å². The Bertz CT molecular complexity index is 605. The summed E-state index contributed by atoms with van der Waals surface area (Å²) >= 11 is 0. The Morgan fingerprint density at radius 1 is 1.00 bits per heavy atom. The summed E-state index contributed by atoms with van der Waals surface area (Å²) in [5.41, 5.74) is 1.52. The molecule has 1 aliphatic rings. The fourth-order valence-corrected chi connectivity index (χ4v) is 1.83. The topological polar surface area (TPSA) is 77.3 Å². The van der Waals surface area contributed by atoms with Crippen molar-refractivity contribution in [1.29, 1.82) is 0 Å². The number of amides is 1. The number of allylic oxidation sites excluding steroid dienone is 1. The molecular weight excluding hydrogens is 260 g/mol. The maximum atomic E-state index is 11.2. The van der Waals surface area contributed by atoms with E-state index >= 15 is 0 Å². The molecule has 0 spiro atoms. The van der Waals surface area contributed by atoms with Gasteiger partial charge in [-0.2, -0.15) is 5.11 Å². The fourth-order valence-electron chi connectivity index (χ4n) is 1.83. The van der Waals surface area contributed by atoms with Gasteiger partial charge >= 0.3 is 5.91 Å². The van der Waals surface area contributed by atoms with Gasteiger partial charge in [0.25, 0.3) is 0 Å². The van der Waals surface area contributed by atoms with Gasteiger partial charge in [0.05, 0.1) is 19.9 Å². The van der Waals surface area contributed by atoms with Crippen molar-refractivity contribution in [1.82, 2.24) is 0 Å². The summed E-state index contributed by atoms with van der Waals surface area (Å²) < 4.78 is 10.4. The quantitative estimate of drug-likeness (QED) is 0.770. The molecular formula is C14H14N2O4. The monoisotopic (exact) mass is 274 g/mol. The molecule has 6 nitrogen and oxygen atoms in total. The van der Waals surface area contributed by atoms with E-state index < -0.39 is 11.7 Å². The van der Waals surface area contributed by atoms with Gasteiger partial charge in [-0.25, -0.2) is 0 Å². The minimum Gasteiger partial charge on any atom is -0.493 e. The Kier molecular flexibility index (Phi) is 4.24. The Labute approximate surface area is 116 Å². The van der Waals surface area contributed by atoms with Gasteiger partial charge in [-0.3, -0.25) is 9.59 Å². The number of nitrogens with zero attached hydrogens (tertiary/aromatic N) is 2. The van der Waals surface area contributed by atoms with Crippen molar-refractivity contribution in [3.63, 3.8) is 0 Å². The summed E-state index contributed by atoms with van der Waals surface area (Å²) in [4.78, 5) is 22.1. The normalized spacial score (nSPS) is 14.2. The minimum absolute atomic E-state index is 0.504. The second kappa shape index (κ2) is 6.10. The number of ether oxygens (including phenoxy) is 2. The van der Waals surface area contributed by atoms with Crippen LogP contribution in [-0.4, -0.2) is 25.9 Å². The summed E-state index contributed by atoms with van der Waals surface area (Å²) in [6, 6.07) is 5.60. The molecule has 0 bridgehead atoms. The van der Waals surface area contributed by atoms with Crippen LogP contribution in [0.5, 0.6) is 11.5 Å². The van der Waals surface area contributed by atoms with Crippen LogP contribution in [0.1, 0.15) is 12.0 Å². The van der Waals surface area contributed by atoms with Crippen LogP contribution in [0.4, 0.5) is 0 Å². The number of azo groups is 1. The highest BCUT2D eigenvalue weighted by molar-refractivity contribution is 6.41. The highest BCUT2D eigenvalue weighted by Gasteiger charge is 2.16. The van der Waals surface area contributed by atoms with Crippen LogP contribution in [0.2, 0.25) is 0 Å². The SMILES string of the molecule is COc1ccc(CCC2=CC(=O)C(=O)N=N2)cc1OC. The number of hydrogen-bond acceptors (Lipinski definition) is 5. The highest BCUT2D eigenvalue weighted by atomic mass is 16.5. The second-order valence-corrected chi connectivity index (χ2v) is 4.19. The van der Waals surface area contributed by atoms with Gasteiger partial charge < -0.3 is 9.47 Å². The molecule has 20 heavy (non-hydrogen) atoms. The summed E-state index contributed by atoms with van der Waals surface area (Å²) in [6.45, 7) is 0. The summed E-state index contributed by atoms with van der Waals surface area (Å²) in [5.74, 6) is -0.133. The van der Waals surface area contributed by atoms with Crippen molar-refractivity contribution in [2.24, 2.45) is 10.2 Å². The van der Waals surface area contributed by atoms with Gasteiger partial charge in [-0.15, -0.1) is 5.11 Å². The van der Waals surface area contributed by atoms with E-state index in [2.05, 4.69) is 10.2 Å². The molecule has 1 aromatic carbocycles. The molecule has 0 N–H and O–H groups in total. The fraction of sp³-hybridized carbons (Fsp3) is 0.286. The standard InChI is InChI=1S/C14H14N2O4/c1-19-12-6-4-9(7-13(12)20-2)3-5-10-8-11(17)14(18)16-15-10/h4,6-8H,3,5H2,1-2H3. The Hall–Kier alpha value is -2.50. The molecule has 6 heteroatoms. The van der Waals surface area contributed by atoms with Crippen molar-refractivity contribution in [3.8, 4) is 11.5 Å². The predicted octanol–water partition coefficient (Wildman–Crippen LogP) is 2.08. The summed E-state index contributed by atoms with van der Waals surface area (Å²) in [7, 11) is 3.15. The van der Waals surface area contributed by atoms with E-state index in [-0.39, 0.29) is 0 Å². The summed E-state index contributed by atoms with van der Waals surface area (Å²) in [6.07, 6.45) is 2.42. The molecule has 0 unspecified atom stereocenters. The van der Waals surface area contributed by atoms with Gasteiger partial charge in [0.1, 0.15) is 0 Å². The molecule has 0 aliphatic carbocycles. The van der Waals surface area contributed by atoms with E-state index in [0.717, 1.165) is 5.56 Å².